The maximum absolute atomic E-state index is 11.1. The maximum atomic E-state index is 11.1. The molecule has 2 aromatic carbocycles. The molecule has 7 heteroatoms. The third-order valence-electron chi connectivity index (χ3n) is 3.63. The van der Waals surface area contributed by atoms with Gasteiger partial charge >= 0.3 is 0 Å². The molecule has 0 unspecified atom stereocenters. The molecule has 130 valence electrons. The SMILES string of the molecule is COc1ccc2c(Oc3ccc(CS(N)(=O)=O)cc3)cc(C)nc2c1. The van der Waals surface area contributed by atoms with E-state index in [9.17, 15) is 8.42 Å². The minimum Gasteiger partial charge on any atom is -0.497 e. The fourth-order valence-corrected chi connectivity index (χ4v) is 3.18. The number of ether oxygens (including phenoxy) is 2. The van der Waals surface area contributed by atoms with Gasteiger partial charge in [-0.1, -0.05) is 12.1 Å². The molecule has 0 amide bonds. The molecule has 0 fully saturated rings. The van der Waals surface area contributed by atoms with Gasteiger partial charge in [-0.3, -0.25) is 4.98 Å². The Bertz CT molecular complexity index is 1020. The lowest BCUT2D eigenvalue weighted by Gasteiger charge is -2.11. The van der Waals surface area contributed by atoms with E-state index in [1.807, 2.05) is 31.2 Å². The van der Waals surface area contributed by atoms with Crippen LogP contribution in [-0.2, 0) is 15.8 Å². The summed E-state index contributed by atoms with van der Waals surface area (Å²) in [5.41, 5.74) is 2.21. The summed E-state index contributed by atoms with van der Waals surface area (Å²) in [6.07, 6.45) is 0. The number of pyridine rings is 1. The van der Waals surface area contributed by atoms with Gasteiger partial charge in [0.05, 0.1) is 18.4 Å². The van der Waals surface area contributed by atoms with Crippen LogP contribution in [0.1, 0.15) is 11.3 Å². The molecule has 3 rings (SSSR count). The molecular formula is C18H18N2O4S. The zero-order valence-electron chi connectivity index (χ0n) is 13.9. The maximum Gasteiger partial charge on any atom is 0.213 e. The van der Waals surface area contributed by atoms with Gasteiger partial charge in [-0.25, -0.2) is 13.6 Å². The number of rotatable bonds is 5. The molecule has 1 aromatic heterocycles. The molecule has 25 heavy (non-hydrogen) atoms. The van der Waals surface area contributed by atoms with E-state index in [1.165, 1.54) is 0 Å². The van der Waals surface area contributed by atoms with Crippen molar-refractivity contribution in [3.63, 3.8) is 0 Å². The van der Waals surface area contributed by atoms with Crippen LogP contribution in [0.3, 0.4) is 0 Å². The summed E-state index contributed by atoms with van der Waals surface area (Å²) in [5.74, 6) is 1.79. The van der Waals surface area contributed by atoms with Gasteiger partial charge in [0.25, 0.3) is 0 Å². The van der Waals surface area contributed by atoms with E-state index < -0.39 is 10.0 Å². The van der Waals surface area contributed by atoms with E-state index in [1.54, 1.807) is 31.4 Å². The fraction of sp³-hybridized carbons (Fsp3) is 0.167. The number of primary sulfonamides is 1. The number of aryl methyl sites for hydroxylation is 1. The molecule has 0 radical (unpaired) electrons. The fourth-order valence-electron chi connectivity index (χ4n) is 2.53. The van der Waals surface area contributed by atoms with E-state index >= 15 is 0 Å². The van der Waals surface area contributed by atoms with Crippen molar-refractivity contribution >= 4 is 20.9 Å². The van der Waals surface area contributed by atoms with Crippen LogP contribution in [0, 0.1) is 6.92 Å². The third kappa shape index (κ3) is 4.26. The Hall–Kier alpha value is -2.64. The highest BCUT2D eigenvalue weighted by molar-refractivity contribution is 7.88. The first-order chi connectivity index (χ1) is 11.8. The Morgan fingerprint density at radius 2 is 1.72 bits per heavy atom. The van der Waals surface area contributed by atoms with Crippen LogP contribution in [-0.4, -0.2) is 20.5 Å². The monoisotopic (exact) mass is 358 g/mol. The highest BCUT2D eigenvalue weighted by Crippen LogP contribution is 2.32. The highest BCUT2D eigenvalue weighted by Gasteiger charge is 2.09. The first kappa shape index (κ1) is 17.2. The minimum atomic E-state index is -3.55. The number of hydrogen-bond donors (Lipinski definition) is 1. The number of nitrogens with two attached hydrogens (primary N) is 1. The number of aromatic nitrogens is 1. The summed E-state index contributed by atoms with van der Waals surface area (Å²) in [6, 6.07) is 14.2. The first-order valence-corrected chi connectivity index (χ1v) is 9.28. The first-order valence-electron chi connectivity index (χ1n) is 7.57. The van der Waals surface area contributed by atoms with E-state index in [4.69, 9.17) is 14.6 Å². The molecule has 6 nitrogen and oxygen atoms in total. The number of sulfonamides is 1. The summed E-state index contributed by atoms with van der Waals surface area (Å²) in [4.78, 5) is 4.50. The molecule has 0 saturated carbocycles. The Labute approximate surface area is 146 Å². The van der Waals surface area contributed by atoms with Gasteiger partial charge in [-0.15, -0.1) is 0 Å². The molecule has 0 spiro atoms. The highest BCUT2D eigenvalue weighted by atomic mass is 32.2. The molecule has 0 aliphatic heterocycles. The van der Waals surface area contributed by atoms with Gasteiger partial charge in [0.1, 0.15) is 17.2 Å². The van der Waals surface area contributed by atoms with Crippen LogP contribution in [0.15, 0.2) is 48.5 Å². The van der Waals surface area contributed by atoms with E-state index in [0.29, 0.717) is 17.1 Å². The molecule has 2 N–H and O–H groups in total. The average Bonchev–Trinajstić information content (AvgIpc) is 2.54. The molecule has 0 saturated heterocycles. The Morgan fingerprint density at radius 1 is 1.04 bits per heavy atom. The van der Waals surface area contributed by atoms with E-state index in [0.717, 1.165) is 22.3 Å². The van der Waals surface area contributed by atoms with Crippen LogP contribution >= 0.6 is 0 Å². The normalized spacial score (nSPS) is 11.5. The summed E-state index contributed by atoms with van der Waals surface area (Å²) in [7, 11) is -1.94. The van der Waals surface area contributed by atoms with Gasteiger partial charge in [0.2, 0.25) is 10.0 Å². The second kappa shape index (κ2) is 6.70. The quantitative estimate of drug-likeness (QED) is 0.756. The molecule has 0 bridgehead atoms. The zero-order chi connectivity index (χ0) is 18.0. The van der Waals surface area contributed by atoms with Crippen molar-refractivity contribution in [2.75, 3.05) is 7.11 Å². The Balaban J connectivity index is 1.92. The summed E-state index contributed by atoms with van der Waals surface area (Å²) in [5, 5.41) is 5.92. The second-order valence-electron chi connectivity index (χ2n) is 5.70. The van der Waals surface area contributed by atoms with Crippen molar-refractivity contribution in [2.45, 2.75) is 12.7 Å². The third-order valence-corrected chi connectivity index (χ3v) is 4.36. The summed E-state index contributed by atoms with van der Waals surface area (Å²) >= 11 is 0. The summed E-state index contributed by atoms with van der Waals surface area (Å²) < 4.78 is 33.5. The van der Waals surface area contributed by atoms with Crippen molar-refractivity contribution in [3.05, 3.63) is 59.8 Å². The lowest BCUT2D eigenvalue weighted by Crippen LogP contribution is -2.14. The van der Waals surface area contributed by atoms with Crippen molar-refractivity contribution in [3.8, 4) is 17.2 Å². The number of hydrogen-bond acceptors (Lipinski definition) is 5. The molecule has 1 heterocycles. The minimum absolute atomic E-state index is 0.204. The molecular weight excluding hydrogens is 340 g/mol. The molecule has 0 aliphatic carbocycles. The molecule has 3 aromatic rings. The van der Waals surface area contributed by atoms with Gasteiger partial charge in [0.15, 0.2) is 0 Å². The summed E-state index contributed by atoms with van der Waals surface area (Å²) in [6.45, 7) is 1.89. The van der Waals surface area contributed by atoms with Gasteiger partial charge in [-0.2, -0.15) is 0 Å². The van der Waals surface area contributed by atoms with E-state index in [-0.39, 0.29) is 5.75 Å². The number of fused-ring (bicyclic) bond motifs is 1. The lowest BCUT2D eigenvalue weighted by atomic mass is 10.1. The number of methoxy groups -OCH3 is 1. The predicted molar refractivity (Wildman–Crippen MR) is 96.4 cm³/mol. The van der Waals surface area contributed by atoms with Crippen LogP contribution in [0.5, 0.6) is 17.2 Å². The van der Waals surface area contributed by atoms with Crippen LogP contribution in [0.4, 0.5) is 0 Å². The Kier molecular flexibility index (Phi) is 4.61. The zero-order valence-corrected chi connectivity index (χ0v) is 14.7. The van der Waals surface area contributed by atoms with E-state index in [2.05, 4.69) is 4.98 Å². The van der Waals surface area contributed by atoms with Crippen LogP contribution in [0.2, 0.25) is 0 Å². The van der Waals surface area contributed by atoms with Crippen molar-refractivity contribution in [1.29, 1.82) is 0 Å². The molecule has 0 aliphatic rings. The van der Waals surface area contributed by atoms with Gasteiger partial charge in [-0.05, 0) is 36.8 Å². The van der Waals surface area contributed by atoms with Crippen LogP contribution < -0.4 is 14.6 Å². The largest absolute Gasteiger partial charge is 0.497 e. The number of benzene rings is 2. The van der Waals surface area contributed by atoms with Crippen molar-refractivity contribution in [1.82, 2.24) is 4.98 Å². The smallest absolute Gasteiger partial charge is 0.213 e. The molecule has 0 atom stereocenters. The second-order valence-corrected chi connectivity index (χ2v) is 7.31. The lowest BCUT2D eigenvalue weighted by molar-refractivity contribution is 0.415. The topological polar surface area (TPSA) is 91.5 Å². The average molecular weight is 358 g/mol. The van der Waals surface area contributed by atoms with Gasteiger partial charge in [0, 0.05) is 23.2 Å². The van der Waals surface area contributed by atoms with Crippen LogP contribution in [0.25, 0.3) is 10.9 Å². The Morgan fingerprint density at radius 3 is 2.36 bits per heavy atom. The number of nitrogens with zero attached hydrogens (tertiary/aromatic N) is 1. The standard InChI is InChI=1S/C18H18N2O4S/c1-12-9-18(16-8-7-15(23-2)10-17(16)20-12)24-14-5-3-13(4-6-14)11-25(19,21)22/h3-10H,11H2,1-2H3,(H2,19,21,22). The van der Waals surface area contributed by atoms with Crippen molar-refractivity contribution < 1.29 is 17.9 Å². The van der Waals surface area contributed by atoms with Crippen molar-refractivity contribution in [2.24, 2.45) is 5.14 Å². The van der Waals surface area contributed by atoms with Gasteiger partial charge < -0.3 is 9.47 Å². The predicted octanol–water partition coefficient (Wildman–Crippen LogP) is 3.13.